The third kappa shape index (κ3) is 4.89. The molecule has 0 N–H and O–H groups in total. The van der Waals surface area contributed by atoms with E-state index in [4.69, 9.17) is 0 Å². The minimum Gasteiger partial charge on any atom is -0.309 e. The molecule has 2 aromatic heterocycles. The first-order valence-electron chi connectivity index (χ1n) is 18.0. The summed E-state index contributed by atoms with van der Waals surface area (Å²) in [4.78, 5) is 2.52. The summed E-state index contributed by atoms with van der Waals surface area (Å²) in [6.45, 7) is 0. The van der Waals surface area contributed by atoms with Gasteiger partial charge in [0.2, 0.25) is 0 Å². The molecule has 0 saturated carbocycles. The molecule has 0 saturated heterocycles. The van der Waals surface area contributed by atoms with Crippen molar-refractivity contribution in [2.24, 2.45) is 0 Å². The molecule has 248 valence electrons. The molecule has 0 spiro atoms. The molecule has 0 fully saturated rings. The Morgan fingerprint density at radius 3 is 1.58 bits per heavy atom. The Morgan fingerprint density at radius 1 is 0.283 bits per heavy atom. The van der Waals surface area contributed by atoms with Crippen molar-refractivity contribution in [1.29, 1.82) is 0 Å². The van der Waals surface area contributed by atoms with Crippen LogP contribution >= 0.6 is 22.7 Å². The van der Waals surface area contributed by atoms with Crippen LogP contribution in [-0.2, 0) is 0 Å². The van der Waals surface area contributed by atoms with E-state index in [0.29, 0.717) is 0 Å². The number of benzene rings is 9. The highest BCUT2D eigenvalue weighted by Gasteiger charge is 2.24. The second-order valence-corrected chi connectivity index (χ2v) is 15.8. The SMILES string of the molecule is c1ccc(-c2c(N(c3cccc(-c4ccc5c(c4)sc4ccccc45)c3)c3ccc4sc5ccccc5c4c3)c3ccccc3c3ccccc23)cc1. The molecule has 53 heavy (non-hydrogen) atoms. The fourth-order valence-electron chi connectivity index (χ4n) is 8.24. The molecule has 2 heterocycles. The quantitative estimate of drug-likeness (QED) is 0.161. The summed E-state index contributed by atoms with van der Waals surface area (Å²) in [5.41, 5.74) is 8.28. The third-order valence-corrected chi connectivity index (χ3v) is 12.9. The fourth-order valence-corrected chi connectivity index (χ4v) is 10.5. The zero-order chi connectivity index (χ0) is 34.9. The molecular formula is C50H31NS2. The van der Waals surface area contributed by atoms with Gasteiger partial charge in [-0.25, -0.2) is 0 Å². The Labute approximate surface area is 315 Å². The first-order valence-corrected chi connectivity index (χ1v) is 19.6. The van der Waals surface area contributed by atoms with Gasteiger partial charge in [0, 0.05) is 62.7 Å². The average molecular weight is 710 g/mol. The maximum atomic E-state index is 2.52. The van der Waals surface area contributed by atoms with Crippen LogP contribution in [0.4, 0.5) is 17.1 Å². The lowest BCUT2D eigenvalue weighted by atomic mass is 9.90. The summed E-state index contributed by atoms with van der Waals surface area (Å²) in [7, 11) is 0. The van der Waals surface area contributed by atoms with Crippen molar-refractivity contribution in [2.75, 3.05) is 4.90 Å². The second kappa shape index (κ2) is 12.2. The number of nitrogens with zero attached hydrogens (tertiary/aromatic N) is 1. The van der Waals surface area contributed by atoms with Crippen LogP contribution in [-0.4, -0.2) is 0 Å². The molecule has 0 unspecified atom stereocenters. The zero-order valence-electron chi connectivity index (χ0n) is 28.7. The zero-order valence-corrected chi connectivity index (χ0v) is 30.3. The van der Waals surface area contributed by atoms with Crippen LogP contribution in [0.3, 0.4) is 0 Å². The summed E-state index contributed by atoms with van der Waals surface area (Å²) in [6.07, 6.45) is 0. The number of fused-ring (bicyclic) bond motifs is 9. The topological polar surface area (TPSA) is 3.24 Å². The Balaban J connectivity index is 1.22. The summed E-state index contributed by atoms with van der Waals surface area (Å²) < 4.78 is 5.25. The van der Waals surface area contributed by atoms with Crippen LogP contribution in [0, 0.1) is 0 Å². The van der Waals surface area contributed by atoms with Crippen LogP contribution in [0.25, 0.3) is 84.1 Å². The van der Waals surface area contributed by atoms with Crippen LogP contribution in [0.1, 0.15) is 0 Å². The Morgan fingerprint density at radius 2 is 0.811 bits per heavy atom. The molecule has 0 amide bonds. The summed E-state index contributed by atoms with van der Waals surface area (Å²) >= 11 is 3.73. The first kappa shape index (κ1) is 30.4. The third-order valence-electron chi connectivity index (χ3n) is 10.6. The van der Waals surface area contributed by atoms with Crippen molar-refractivity contribution in [3.05, 3.63) is 188 Å². The smallest absolute Gasteiger partial charge is 0.0624 e. The van der Waals surface area contributed by atoms with Crippen LogP contribution in [0.2, 0.25) is 0 Å². The molecule has 0 aliphatic heterocycles. The Bertz CT molecular complexity index is 3190. The molecule has 9 aromatic carbocycles. The van der Waals surface area contributed by atoms with Crippen LogP contribution in [0.5, 0.6) is 0 Å². The van der Waals surface area contributed by atoms with Gasteiger partial charge in [-0.05, 0) is 81.4 Å². The molecule has 11 aromatic rings. The van der Waals surface area contributed by atoms with E-state index in [1.165, 1.54) is 89.8 Å². The molecular weight excluding hydrogens is 679 g/mol. The number of rotatable bonds is 5. The lowest BCUT2D eigenvalue weighted by Gasteiger charge is -2.31. The molecule has 3 heteroatoms. The van der Waals surface area contributed by atoms with E-state index in [1.807, 2.05) is 22.7 Å². The fraction of sp³-hybridized carbons (Fsp3) is 0. The molecule has 0 atom stereocenters. The minimum atomic E-state index is 1.12. The second-order valence-electron chi connectivity index (χ2n) is 13.7. The highest BCUT2D eigenvalue weighted by Crippen LogP contribution is 2.50. The molecule has 0 aliphatic carbocycles. The van der Waals surface area contributed by atoms with Gasteiger partial charge in [-0.3, -0.25) is 0 Å². The van der Waals surface area contributed by atoms with Gasteiger partial charge >= 0.3 is 0 Å². The predicted octanol–water partition coefficient (Wildman–Crippen LogP) is 15.5. The molecule has 0 bridgehead atoms. The number of hydrogen-bond donors (Lipinski definition) is 0. The van der Waals surface area contributed by atoms with Gasteiger partial charge in [0.25, 0.3) is 0 Å². The Hall–Kier alpha value is -6.26. The van der Waals surface area contributed by atoms with Gasteiger partial charge in [-0.1, -0.05) is 140 Å². The minimum absolute atomic E-state index is 1.12. The molecule has 1 nitrogen and oxygen atoms in total. The number of hydrogen-bond acceptors (Lipinski definition) is 3. The Kier molecular flexibility index (Phi) is 6.97. The highest BCUT2D eigenvalue weighted by atomic mass is 32.1. The monoisotopic (exact) mass is 709 g/mol. The van der Waals surface area contributed by atoms with Crippen molar-refractivity contribution < 1.29 is 0 Å². The normalized spacial score (nSPS) is 11.8. The van der Waals surface area contributed by atoms with Gasteiger partial charge in [0.1, 0.15) is 0 Å². The van der Waals surface area contributed by atoms with E-state index in [1.54, 1.807) is 0 Å². The van der Waals surface area contributed by atoms with E-state index < -0.39 is 0 Å². The van der Waals surface area contributed by atoms with E-state index >= 15 is 0 Å². The van der Waals surface area contributed by atoms with Crippen LogP contribution in [0.15, 0.2) is 188 Å². The molecule has 0 radical (unpaired) electrons. The predicted molar refractivity (Wildman–Crippen MR) is 233 cm³/mol. The van der Waals surface area contributed by atoms with E-state index in [2.05, 4.69) is 193 Å². The maximum absolute atomic E-state index is 2.52. The van der Waals surface area contributed by atoms with Crippen molar-refractivity contribution in [2.45, 2.75) is 0 Å². The van der Waals surface area contributed by atoms with Gasteiger partial charge in [0.05, 0.1) is 5.69 Å². The summed E-state index contributed by atoms with van der Waals surface area (Å²) in [5.74, 6) is 0. The average Bonchev–Trinajstić information content (AvgIpc) is 3.79. The summed E-state index contributed by atoms with van der Waals surface area (Å²) in [5, 5.41) is 10.2. The van der Waals surface area contributed by atoms with E-state index in [9.17, 15) is 0 Å². The van der Waals surface area contributed by atoms with E-state index in [0.717, 1.165) is 11.4 Å². The van der Waals surface area contributed by atoms with Crippen LogP contribution < -0.4 is 4.90 Å². The van der Waals surface area contributed by atoms with Crippen molar-refractivity contribution in [3.63, 3.8) is 0 Å². The van der Waals surface area contributed by atoms with Crippen molar-refractivity contribution >= 4 is 102 Å². The largest absolute Gasteiger partial charge is 0.309 e. The first-order chi connectivity index (χ1) is 26.3. The van der Waals surface area contributed by atoms with Gasteiger partial charge in [-0.2, -0.15) is 0 Å². The lowest BCUT2D eigenvalue weighted by Crippen LogP contribution is -2.12. The van der Waals surface area contributed by atoms with Gasteiger partial charge in [0.15, 0.2) is 0 Å². The number of anilines is 3. The van der Waals surface area contributed by atoms with Gasteiger partial charge in [-0.15, -0.1) is 22.7 Å². The standard InChI is InChI=1S/C50H31NS2/c1-2-13-32(14-3-1)49-42-21-6-4-17-37(42)38-18-5-7-22-43(38)50(49)51(36-26-28-47-44(31-36)40-20-9-11-24-46(40)52-47)35-16-12-15-33(29-35)34-25-27-41-39-19-8-10-23-45(39)53-48(41)30-34/h1-31H. The molecule has 0 aliphatic rings. The van der Waals surface area contributed by atoms with Crippen molar-refractivity contribution in [3.8, 4) is 22.3 Å². The van der Waals surface area contributed by atoms with Gasteiger partial charge < -0.3 is 4.90 Å². The van der Waals surface area contributed by atoms with Crippen molar-refractivity contribution in [1.82, 2.24) is 0 Å². The number of thiophene rings is 2. The molecule has 11 rings (SSSR count). The highest BCUT2D eigenvalue weighted by molar-refractivity contribution is 7.26. The lowest BCUT2D eigenvalue weighted by molar-refractivity contribution is 1.31. The maximum Gasteiger partial charge on any atom is 0.0624 e. The van der Waals surface area contributed by atoms with E-state index in [-0.39, 0.29) is 0 Å². The summed E-state index contributed by atoms with van der Waals surface area (Å²) in [6, 6.07) is 69.4.